The lowest BCUT2D eigenvalue weighted by Gasteiger charge is -2.45. The molecule has 1 aliphatic rings. The average Bonchev–Trinajstić information content (AvgIpc) is 2.88. The van der Waals surface area contributed by atoms with Crippen molar-refractivity contribution >= 4 is 23.2 Å². The highest BCUT2D eigenvalue weighted by Crippen LogP contribution is 2.37. The fourth-order valence-electron chi connectivity index (χ4n) is 4.59. The number of nitrogens with zero attached hydrogens (tertiary/aromatic N) is 3. The van der Waals surface area contributed by atoms with E-state index >= 15 is 0 Å². The van der Waals surface area contributed by atoms with Crippen LogP contribution in [0.4, 0.5) is 5.69 Å². The second-order valence-electron chi connectivity index (χ2n) is 9.11. The lowest BCUT2D eigenvalue weighted by atomic mass is 9.94. The van der Waals surface area contributed by atoms with E-state index in [1.54, 1.807) is 19.1 Å². The number of carbonyl (C=O) groups excluding carboxylic acids is 1. The number of rotatable bonds is 9. The Morgan fingerprint density at radius 3 is 2.61 bits per heavy atom. The minimum atomic E-state index is -1.17. The molecule has 4 N–H and O–H groups in total. The number of aromatic nitrogens is 1. The van der Waals surface area contributed by atoms with E-state index in [1.807, 2.05) is 30.3 Å². The molecule has 1 amide bonds. The highest BCUT2D eigenvalue weighted by Gasteiger charge is 2.34. The maximum Gasteiger partial charge on any atom is 0.267 e. The molecule has 0 bridgehead atoms. The second-order valence-corrected chi connectivity index (χ2v) is 9.52. The van der Waals surface area contributed by atoms with Crippen molar-refractivity contribution in [2.75, 3.05) is 44.3 Å². The second kappa shape index (κ2) is 11.3. The van der Waals surface area contributed by atoms with Gasteiger partial charge in [0.1, 0.15) is 23.7 Å². The summed E-state index contributed by atoms with van der Waals surface area (Å²) in [6.45, 7) is 4.37. The summed E-state index contributed by atoms with van der Waals surface area (Å²) in [5, 5.41) is 20.9. The Labute approximate surface area is 215 Å². The normalized spacial score (nSPS) is 18.0. The van der Waals surface area contributed by atoms with Gasteiger partial charge < -0.3 is 25.6 Å². The number of piperazine rings is 1. The lowest BCUT2D eigenvalue weighted by molar-refractivity contribution is 0.00998. The molecule has 4 rings (SSSR count). The van der Waals surface area contributed by atoms with Crippen LogP contribution in [0.15, 0.2) is 66.9 Å². The van der Waals surface area contributed by atoms with E-state index in [0.29, 0.717) is 42.5 Å². The van der Waals surface area contributed by atoms with Crippen LogP contribution in [0.5, 0.6) is 5.75 Å². The molecule has 36 heavy (non-hydrogen) atoms. The fourth-order valence-corrected chi connectivity index (χ4v) is 4.87. The van der Waals surface area contributed by atoms with Gasteiger partial charge in [0.2, 0.25) is 0 Å². The van der Waals surface area contributed by atoms with Crippen LogP contribution >= 0.6 is 11.6 Å². The molecular weight excluding hydrogens is 480 g/mol. The molecule has 0 spiro atoms. The topological polar surface area (TPSA) is 112 Å². The van der Waals surface area contributed by atoms with Gasteiger partial charge in [0.15, 0.2) is 0 Å². The van der Waals surface area contributed by atoms with Gasteiger partial charge in [-0.2, -0.15) is 0 Å². The molecule has 1 saturated heterocycles. The van der Waals surface area contributed by atoms with Crippen molar-refractivity contribution in [1.29, 1.82) is 0 Å². The zero-order valence-corrected chi connectivity index (χ0v) is 20.9. The Kier molecular flexibility index (Phi) is 8.11. The highest BCUT2D eigenvalue weighted by molar-refractivity contribution is 6.33. The molecule has 3 aromatic rings. The number of aliphatic hydroxyl groups is 2. The van der Waals surface area contributed by atoms with Crippen LogP contribution in [-0.2, 0) is 5.60 Å². The summed E-state index contributed by atoms with van der Waals surface area (Å²) >= 11 is 6.67. The predicted molar refractivity (Wildman–Crippen MR) is 139 cm³/mol. The first-order valence-electron chi connectivity index (χ1n) is 11.8. The summed E-state index contributed by atoms with van der Waals surface area (Å²) in [7, 11) is 0. The molecule has 1 aromatic heterocycles. The molecule has 1 aliphatic heterocycles. The van der Waals surface area contributed by atoms with E-state index in [9.17, 15) is 9.90 Å². The number of carbonyl (C=O) groups is 1. The molecular formula is C27H31ClN4O4. The smallest absolute Gasteiger partial charge is 0.267 e. The summed E-state index contributed by atoms with van der Waals surface area (Å²) in [4.78, 5) is 19.9. The minimum Gasteiger partial charge on any atom is -0.491 e. The number of pyridine rings is 1. The van der Waals surface area contributed by atoms with E-state index in [1.165, 1.54) is 12.3 Å². The first kappa shape index (κ1) is 25.9. The largest absolute Gasteiger partial charge is 0.491 e. The molecule has 0 unspecified atom stereocenters. The lowest BCUT2D eigenvalue weighted by Crippen LogP contribution is -2.52. The van der Waals surface area contributed by atoms with Gasteiger partial charge in [0, 0.05) is 44.0 Å². The number of benzene rings is 2. The van der Waals surface area contributed by atoms with Crippen molar-refractivity contribution < 1.29 is 19.7 Å². The highest BCUT2D eigenvalue weighted by atomic mass is 35.5. The van der Waals surface area contributed by atoms with Crippen molar-refractivity contribution in [2.45, 2.75) is 18.6 Å². The molecule has 0 radical (unpaired) electrons. The summed E-state index contributed by atoms with van der Waals surface area (Å²) in [6.07, 6.45) is 1.51. The van der Waals surface area contributed by atoms with E-state index in [2.05, 4.69) is 26.9 Å². The standard InChI is InChI=1S/C27H31ClN4O4/c1-27(35,20-7-9-23(26(29)34)30-16-20)18-31-11-12-32(25(17-31)19-5-3-2-4-6-19)24-10-8-21(15-22(24)28)36-14-13-33/h2-10,15-16,25,33,35H,11-14,17-18H2,1H3,(H2,29,34)/t25-,27+/m0/s1. The minimum absolute atomic E-state index is 0.00724. The van der Waals surface area contributed by atoms with Gasteiger partial charge in [0.05, 0.1) is 23.4 Å². The van der Waals surface area contributed by atoms with E-state index < -0.39 is 11.5 Å². The number of β-amino-alcohol motifs (C(OH)–C–C–N with tert-alkyl or cyclic N) is 1. The van der Waals surface area contributed by atoms with Crippen LogP contribution in [0.25, 0.3) is 0 Å². The first-order valence-corrected chi connectivity index (χ1v) is 12.2. The third-order valence-electron chi connectivity index (χ3n) is 6.41. The van der Waals surface area contributed by atoms with Crippen molar-refractivity contribution in [3.05, 3.63) is 88.7 Å². The molecule has 1 fully saturated rings. The number of aliphatic hydroxyl groups excluding tert-OH is 1. The Hall–Kier alpha value is -3.17. The zero-order valence-electron chi connectivity index (χ0n) is 20.2. The number of halogens is 1. The summed E-state index contributed by atoms with van der Waals surface area (Å²) in [5.74, 6) is 0.00868. The van der Waals surface area contributed by atoms with Gasteiger partial charge in [-0.15, -0.1) is 0 Å². The van der Waals surface area contributed by atoms with Crippen LogP contribution in [0.2, 0.25) is 5.02 Å². The van der Waals surface area contributed by atoms with Gasteiger partial charge in [-0.3, -0.25) is 14.7 Å². The van der Waals surface area contributed by atoms with Crippen molar-refractivity contribution in [3.63, 3.8) is 0 Å². The van der Waals surface area contributed by atoms with Crippen LogP contribution in [0.3, 0.4) is 0 Å². The van der Waals surface area contributed by atoms with Gasteiger partial charge in [-0.05, 0) is 30.7 Å². The van der Waals surface area contributed by atoms with Crippen LogP contribution < -0.4 is 15.4 Å². The summed E-state index contributed by atoms with van der Waals surface area (Å²) in [5.41, 5.74) is 6.95. The number of ether oxygens (including phenoxy) is 1. The van der Waals surface area contributed by atoms with Crippen molar-refractivity contribution in [1.82, 2.24) is 9.88 Å². The van der Waals surface area contributed by atoms with Crippen molar-refractivity contribution in [3.8, 4) is 5.75 Å². The average molecular weight is 511 g/mol. The van der Waals surface area contributed by atoms with Gasteiger partial charge >= 0.3 is 0 Å². The first-order chi connectivity index (χ1) is 17.3. The fraction of sp³-hybridized carbons (Fsp3) is 0.333. The Bertz CT molecular complexity index is 1170. The van der Waals surface area contributed by atoms with Crippen molar-refractivity contribution in [2.24, 2.45) is 5.73 Å². The maximum atomic E-state index is 11.3. The Balaban J connectivity index is 1.55. The van der Waals surface area contributed by atoms with Crippen LogP contribution in [0, 0.1) is 0 Å². The molecule has 9 heteroatoms. The third-order valence-corrected chi connectivity index (χ3v) is 6.71. The summed E-state index contributed by atoms with van der Waals surface area (Å²) in [6, 6.07) is 19.0. The zero-order chi connectivity index (χ0) is 25.7. The van der Waals surface area contributed by atoms with Gasteiger partial charge in [-0.1, -0.05) is 48.0 Å². The van der Waals surface area contributed by atoms with Crippen LogP contribution in [-0.4, -0.2) is 65.4 Å². The molecule has 2 atom stereocenters. The quantitative estimate of drug-likeness (QED) is 0.405. The Morgan fingerprint density at radius 1 is 1.19 bits per heavy atom. The SMILES string of the molecule is C[C@@](O)(CN1CCN(c2ccc(OCCO)cc2Cl)[C@H](c2ccccc2)C1)c1ccc(C(N)=O)nc1. The molecule has 2 heterocycles. The number of hydrogen-bond donors (Lipinski definition) is 3. The van der Waals surface area contributed by atoms with Gasteiger partial charge in [-0.25, -0.2) is 0 Å². The number of primary amides is 1. The molecule has 0 saturated carbocycles. The maximum absolute atomic E-state index is 11.3. The molecule has 0 aliphatic carbocycles. The number of nitrogens with two attached hydrogens (primary N) is 1. The number of anilines is 1. The van der Waals surface area contributed by atoms with Crippen LogP contribution in [0.1, 0.15) is 34.6 Å². The monoisotopic (exact) mass is 510 g/mol. The molecule has 2 aromatic carbocycles. The van der Waals surface area contributed by atoms with Gasteiger partial charge in [0.25, 0.3) is 5.91 Å². The van der Waals surface area contributed by atoms with E-state index in [-0.39, 0.29) is 24.9 Å². The van der Waals surface area contributed by atoms with E-state index in [0.717, 1.165) is 11.3 Å². The number of amides is 1. The Morgan fingerprint density at radius 2 is 1.97 bits per heavy atom. The predicted octanol–water partition coefficient (Wildman–Crippen LogP) is 2.98. The molecule has 8 nitrogen and oxygen atoms in total. The molecule has 190 valence electrons. The third kappa shape index (κ3) is 5.96. The summed E-state index contributed by atoms with van der Waals surface area (Å²) < 4.78 is 5.50. The number of hydrogen-bond acceptors (Lipinski definition) is 7. The van der Waals surface area contributed by atoms with E-state index in [4.69, 9.17) is 27.2 Å².